The number of phenols is 1. The molecular formula is C13H16N2O4. The van der Waals surface area contributed by atoms with Gasteiger partial charge in [-0.2, -0.15) is 0 Å². The SMILES string of the molecule is C=CCN(C(=O)c1cccc([N+](=O)[O-])c1O)C(C)C. The van der Waals surface area contributed by atoms with Crippen LogP contribution in [-0.2, 0) is 0 Å². The number of carbonyl (C=O) groups is 1. The molecule has 0 bridgehead atoms. The number of para-hydroxylation sites is 1. The Hall–Kier alpha value is -2.37. The molecule has 1 N–H and O–H groups in total. The summed E-state index contributed by atoms with van der Waals surface area (Å²) in [6.45, 7) is 7.50. The molecule has 0 fully saturated rings. The summed E-state index contributed by atoms with van der Waals surface area (Å²) in [6.07, 6.45) is 1.56. The van der Waals surface area contributed by atoms with Gasteiger partial charge in [0.05, 0.1) is 10.5 Å². The van der Waals surface area contributed by atoms with Crippen LogP contribution in [0.1, 0.15) is 24.2 Å². The van der Waals surface area contributed by atoms with Gasteiger partial charge in [0, 0.05) is 18.7 Å². The maximum Gasteiger partial charge on any atom is 0.311 e. The summed E-state index contributed by atoms with van der Waals surface area (Å²) >= 11 is 0. The summed E-state index contributed by atoms with van der Waals surface area (Å²) in [4.78, 5) is 23.7. The molecule has 0 aliphatic rings. The molecule has 6 heteroatoms. The molecule has 1 amide bonds. The predicted molar refractivity (Wildman–Crippen MR) is 71.1 cm³/mol. The van der Waals surface area contributed by atoms with E-state index in [0.29, 0.717) is 6.54 Å². The monoisotopic (exact) mass is 264 g/mol. The minimum absolute atomic E-state index is 0.0789. The Morgan fingerprint density at radius 2 is 2.21 bits per heavy atom. The van der Waals surface area contributed by atoms with Crippen molar-refractivity contribution in [2.75, 3.05) is 6.54 Å². The molecule has 0 heterocycles. The van der Waals surface area contributed by atoms with Crippen LogP contribution in [0.4, 0.5) is 5.69 Å². The zero-order chi connectivity index (χ0) is 14.6. The molecule has 0 saturated heterocycles. The quantitative estimate of drug-likeness (QED) is 0.502. The topological polar surface area (TPSA) is 83.7 Å². The summed E-state index contributed by atoms with van der Waals surface area (Å²) in [6, 6.07) is 3.78. The van der Waals surface area contributed by atoms with Crippen LogP contribution in [0.25, 0.3) is 0 Å². The minimum Gasteiger partial charge on any atom is -0.502 e. The molecule has 6 nitrogen and oxygen atoms in total. The highest BCUT2D eigenvalue weighted by Crippen LogP contribution is 2.30. The van der Waals surface area contributed by atoms with Gasteiger partial charge >= 0.3 is 5.69 Å². The number of phenolic OH excluding ortho intramolecular Hbond substituents is 1. The Labute approximate surface area is 111 Å². The molecule has 0 radical (unpaired) electrons. The van der Waals surface area contributed by atoms with E-state index in [1.54, 1.807) is 6.08 Å². The first kappa shape index (κ1) is 14.7. The largest absolute Gasteiger partial charge is 0.502 e. The lowest BCUT2D eigenvalue weighted by Gasteiger charge is -2.25. The van der Waals surface area contributed by atoms with Crippen molar-refractivity contribution in [3.63, 3.8) is 0 Å². The molecule has 0 aliphatic carbocycles. The Kier molecular flexibility index (Phi) is 4.63. The molecule has 0 unspecified atom stereocenters. The molecule has 0 aliphatic heterocycles. The molecule has 1 aromatic rings. The first-order valence-corrected chi connectivity index (χ1v) is 5.78. The number of rotatable bonds is 5. The van der Waals surface area contributed by atoms with Crippen molar-refractivity contribution in [3.8, 4) is 5.75 Å². The number of benzene rings is 1. The summed E-state index contributed by atoms with van der Waals surface area (Å²) in [7, 11) is 0. The fourth-order valence-electron chi connectivity index (χ4n) is 1.67. The number of hydrogen-bond donors (Lipinski definition) is 1. The molecule has 1 rings (SSSR count). The fourth-order valence-corrected chi connectivity index (χ4v) is 1.67. The van der Waals surface area contributed by atoms with Crippen molar-refractivity contribution in [2.24, 2.45) is 0 Å². The molecule has 0 atom stereocenters. The summed E-state index contributed by atoms with van der Waals surface area (Å²) in [5, 5.41) is 20.5. The van der Waals surface area contributed by atoms with Crippen LogP contribution < -0.4 is 0 Å². The summed E-state index contributed by atoms with van der Waals surface area (Å²) < 4.78 is 0. The maximum atomic E-state index is 12.3. The highest BCUT2D eigenvalue weighted by molar-refractivity contribution is 5.98. The van der Waals surface area contributed by atoms with E-state index in [-0.39, 0.29) is 11.6 Å². The smallest absolute Gasteiger partial charge is 0.311 e. The normalized spacial score (nSPS) is 10.3. The Balaban J connectivity index is 3.22. The molecular weight excluding hydrogens is 248 g/mol. The summed E-state index contributed by atoms with van der Waals surface area (Å²) in [5.74, 6) is -1.07. The van der Waals surface area contributed by atoms with Crippen molar-refractivity contribution in [1.29, 1.82) is 0 Å². The molecule has 0 saturated carbocycles. The zero-order valence-electron chi connectivity index (χ0n) is 10.9. The lowest BCUT2D eigenvalue weighted by molar-refractivity contribution is -0.385. The summed E-state index contributed by atoms with van der Waals surface area (Å²) in [5.41, 5.74) is -0.557. The van der Waals surface area contributed by atoms with E-state index in [9.17, 15) is 20.0 Å². The van der Waals surface area contributed by atoms with Crippen LogP contribution >= 0.6 is 0 Å². The molecule has 19 heavy (non-hydrogen) atoms. The van der Waals surface area contributed by atoms with E-state index in [2.05, 4.69) is 6.58 Å². The second kappa shape index (κ2) is 5.99. The molecule has 0 aromatic heterocycles. The maximum absolute atomic E-state index is 12.3. The van der Waals surface area contributed by atoms with E-state index in [1.165, 1.54) is 17.0 Å². The molecule has 1 aromatic carbocycles. The molecule has 0 spiro atoms. The number of aromatic hydroxyl groups is 1. The van der Waals surface area contributed by atoms with Crippen molar-refractivity contribution in [1.82, 2.24) is 4.90 Å². The van der Waals surface area contributed by atoms with Gasteiger partial charge in [0.1, 0.15) is 0 Å². The van der Waals surface area contributed by atoms with E-state index in [1.807, 2.05) is 13.8 Å². The lowest BCUT2D eigenvalue weighted by Crippen LogP contribution is -2.37. The highest BCUT2D eigenvalue weighted by Gasteiger charge is 2.25. The number of carbonyl (C=O) groups excluding carboxylic acids is 1. The Morgan fingerprint density at radius 3 is 2.68 bits per heavy atom. The highest BCUT2D eigenvalue weighted by atomic mass is 16.6. The van der Waals surface area contributed by atoms with E-state index >= 15 is 0 Å². The van der Waals surface area contributed by atoms with Crippen LogP contribution in [0.15, 0.2) is 30.9 Å². The van der Waals surface area contributed by atoms with Gasteiger partial charge in [-0.1, -0.05) is 12.1 Å². The number of nitro groups is 1. The van der Waals surface area contributed by atoms with Crippen molar-refractivity contribution < 1.29 is 14.8 Å². The zero-order valence-corrected chi connectivity index (χ0v) is 10.9. The van der Waals surface area contributed by atoms with E-state index in [0.717, 1.165) is 6.07 Å². The second-order valence-corrected chi connectivity index (χ2v) is 4.27. The van der Waals surface area contributed by atoms with Gasteiger partial charge in [0.15, 0.2) is 0 Å². The van der Waals surface area contributed by atoms with Crippen molar-refractivity contribution >= 4 is 11.6 Å². The third kappa shape index (κ3) is 3.09. The van der Waals surface area contributed by atoms with Crippen LogP contribution in [0.5, 0.6) is 5.75 Å². The van der Waals surface area contributed by atoms with Crippen LogP contribution in [0, 0.1) is 10.1 Å². The van der Waals surface area contributed by atoms with Crippen LogP contribution in [0.3, 0.4) is 0 Å². The average Bonchev–Trinajstić information content (AvgIpc) is 2.34. The minimum atomic E-state index is -0.723. The van der Waals surface area contributed by atoms with Gasteiger partial charge in [0.25, 0.3) is 5.91 Å². The fraction of sp³-hybridized carbons (Fsp3) is 0.308. The van der Waals surface area contributed by atoms with Gasteiger partial charge in [-0.05, 0) is 19.9 Å². The third-order valence-electron chi connectivity index (χ3n) is 2.65. The second-order valence-electron chi connectivity index (χ2n) is 4.27. The number of amides is 1. The number of nitro benzene ring substituents is 1. The number of hydrogen-bond acceptors (Lipinski definition) is 4. The van der Waals surface area contributed by atoms with Gasteiger partial charge in [0.2, 0.25) is 5.75 Å². The average molecular weight is 264 g/mol. The van der Waals surface area contributed by atoms with E-state index in [4.69, 9.17) is 0 Å². The van der Waals surface area contributed by atoms with Crippen LogP contribution in [-0.4, -0.2) is 33.4 Å². The van der Waals surface area contributed by atoms with Gasteiger partial charge in [-0.15, -0.1) is 6.58 Å². The predicted octanol–water partition coefficient (Wildman–Crippen LogP) is 2.34. The van der Waals surface area contributed by atoms with Gasteiger partial charge in [-0.25, -0.2) is 0 Å². The lowest BCUT2D eigenvalue weighted by atomic mass is 10.1. The van der Waals surface area contributed by atoms with Crippen LogP contribution in [0.2, 0.25) is 0 Å². The van der Waals surface area contributed by atoms with Crippen molar-refractivity contribution in [2.45, 2.75) is 19.9 Å². The standard InChI is InChI=1S/C13H16N2O4/c1-4-8-14(9(2)3)13(17)10-6-5-7-11(12(10)16)15(18)19/h4-7,9,16H,1,8H2,2-3H3. The first-order chi connectivity index (χ1) is 8.90. The van der Waals surface area contributed by atoms with Gasteiger partial charge < -0.3 is 10.0 Å². The third-order valence-corrected chi connectivity index (χ3v) is 2.65. The van der Waals surface area contributed by atoms with Crippen molar-refractivity contribution in [3.05, 3.63) is 46.5 Å². The molecule has 102 valence electrons. The number of nitrogens with zero attached hydrogens (tertiary/aromatic N) is 2. The first-order valence-electron chi connectivity index (χ1n) is 5.78. The van der Waals surface area contributed by atoms with Gasteiger partial charge in [-0.3, -0.25) is 14.9 Å². The van der Waals surface area contributed by atoms with E-state index < -0.39 is 22.3 Å². The Morgan fingerprint density at radius 1 is 1.58 bits per heavy atom. The Bertz CT molecular complexity index is 511.